The Morgan fingerprint density at radius 2 is 2.20 bits per heavy atom. The van der Waals surface area contributed by atoms with Gasteiger partial charge in [0, 0.05) is 18.3 Å². The summed E-state index contributed by atoms with van der Waals surface area (Å²) < 4.78 is 20.3. The highest BCUT2D eigenvalue weighted by atomic mass is 19.1. The van der Waals surface area contributed by atoms with Crippen LogP contribution in [0.3, 0.4) is 0 Å². The van der Waals surface area contributed by atoms with Gasteiger partial charge in [-0.2, -0.15) is 0 Å². The fraction of sp³-hybridized carbons (Fsp3) is 0.143. The Morgan fingerprint density at radius 1 is 1.35 bits per heavy atom. The van der Waals surface area contributed by atoms with Crippen molar-refractivity contribution in [2.24, 2.45) is 5.73 Å². The maximum atomic E-state index is 13.9. The molecular weight excluding hydrogens is 261 g/mol. The van der Waals surface area contributed by atoms with Crippen LogP contribution >= 0.6 is 0 Å². The van der Waals surface area contributed by atoms with E-state index >= 15 is 0 Å². The van der Waals surface area contributed by atoms with Gasteiger partial charge in [0.25, 0.3) is 0 Å². The molecule has 0 aliphatic heterocycles. The number of benzene rings is 1. The highest BCUT2D eigenvalue weighted by molar-refractivity contribution is 5.67. The largest absolute Gasteiger partial charge is 0.421 e. The van der Waals surface area contributed by atoms with Gasteiger partial charge in [-0.15, -0.1) is 0 Å². The quantitative estimate of drug-likeness (QED) is 0.787. The SMILES string of the molecule is NCc1ccc(Cn2c(=O)oc3cccnc32)c(F)c1. The first-order chi connectivity index (χ1) is 9.69. The molecule has 3 aromatic rings. The number of halogens is 1. The van der Waals surface area contributed by atoms with E-state index in [-0.39, 0.29) is 13.1 Å². The molecule has 0 fully saturated rings. The molecule has 3 rings (SSSR count). The summed E-state index contributed by atoms with van der Waals surface area (Å²) in [4.78, 5) is 15.9. The summed E-state index contributed by atoms with van der Waals surface area (Å²) in [5.74, 6) is -0.953. The normalized spacial score (nSPS) is 11.1. The zero-order valence-electron chi connectivity index (χ0n) is 10.5. The molecule has 0 atom stereocenters. The molecule has 6 heteroatoms. The van der Waals surface area contributed by atoms with E-state index in [9.17, 15) is 9.18 Å². The predicted molar refractivity (Wildman–Crippen MR) is 71.7 cm³/mol. The molecule has 0 radical (unpaired) electrons. The Kier molecular flexibility index (Phi) is 3.08. The number of hydrogen-bond acceptors (Lipinski definition) is 4. The van der Waals surface area contributed by atoms with E-state index in [4.69, 9.17) is 10.2 Å². The second-order valence-electron chi connectivity index (χ2n) is 4.41. The maximum Gasteiger partial charge on any atom is 0.421 e. The maximum absolute atomic E-state index is 13.9. The Labute approximate surface area is 113 Å². The van der Waals surface area contributed by atoms with Crippen molar-refractivity contribution in [3.05, 3.63) is 64.0 Å². The van der Waals surface area contributed by atoms with Crippen LogP contribution < -0.4 is 11.5 Å². The zero-order valence-corrected chi connectivity index (χ0v) is 10.5. The lowest BCUT2D eigenvalue weighted by atomic mass is 10.1. The Morgan fingerprint density at radius 3 is 2.95 bits per heavy atom. The van der Waals surface area contributed by atoms with Crippen LogP contribution in [0.25, 0.3) is 11.2 Å². The molecule has 0 spiro atoms. The smallest absolute Gasteiger partial charge is 0.406 e. The molecule has 2 heterocycles. The fourth-order valence-electron chi connectivity index (χ4n) is 2.06. The van der Waals surface area contributed by atoms with Gasteiger partial charge in [-0.1, -0.05) is 12.1 Å². The molecule has 1 aromatic carbocycles. The zero-order chi connectivity index (χ0) is 14.1. The number of aromatic nitrogens is 2. The average Bonchev–Trinajstić information content (AvgIpc) is 2.77. The second-order valence-corrected chi connectivity index (χ2v) is 4.41. The molecule has 0 amide bonds. The highest BCUT2D eigenvalue weighted by Crippen LogP contribution is 2.14. The molecule has 0 saturated heterocycles. The van der Waals surface area contributed by atoms with Crippen molar-refractivity contribution >= 4 is 11.2 Å². The van der Waals surface area contributed by atoms with Crippen molar-refractivity contribution in [1.82, 2.24) is 9.55 Å². The van der Waals surface area contributed by atoms with Crippen LogP contribution in [0.2, 0.25) is 0 Å². The standard InChI is InChI=1S/C14H12FN3O2/c15-11-6-9(7-16)3-4-10(11)8-18-13-12(20-14(18)19)2-1-5-17-13/h1-6H,7-8,16H2. The first-order valence-corrected chi connectivity index (χ1v) is 6.11. The van der Waals surface area contributed by atoms with Gasteiger partial charge in [-0.05, 0) is 23.8 Å². The van der Waals surface area contributed by atoms with Crippen LogP contribution in [0.4, 0.5) is 4.39 Å². The topological polar surface area (TPSA) is 74.0 Å². The van der Waals surface area contributed by atoms with Crippen LogP contribution in [-0.4, -0.2) is 9.55 Å². The van der Waals surface area contributed by atoms with Gasteiger partial charge < -0.3 is 10.2 Å². The predicted octanol–water partition coefficient (Wildman–Crippen LogP) is 1.64. The van der Waals surface area contributed by atoms with Crippen molar-refractivity contribution in [3.8, 4) is 0 Å². The summed E-state index contributed by atoms with van der Waals surface area (Å²) in [5.41, 5.74) is 7.33. The summed E-state index contributed by atoms with van der Waals surface area (Å²) in [6.45, 7) is 0.340. The van der Waals surface area contributed by atoms with E-state index in [2.05, 4.69) is 4.98 Å². The van der Waals surface area contributed by atoms with E-state index in [0.717, 1.165) is 0 Å². The molecule has 0 saturated carbocycles. The minimum absolute atomic E-state index is 0.0690. The highest BCUT2D eigenvalue weighted by Gasteiger charge is 2.12. The Balaban J connectivity index is 2.05. The van der Waals surface area contributed by atoms with Crippen molar-refractivity contribution in [3.63, 3.8) is 0 Å². The lowest BCUT2D eigenvalue weighted by Gasteiger charge is -2.05. The van der Waals surface area contributed by atoms with E-state index in [1.807, 2.05) is 0 Å². The Bertz CT molecular complexity index is 823. The summed E-state index contributed by atoms with van der Waals surface area (Å²) in [7, 11) is 0. The Hall–Kier alpha value is -2.47. The lowest BCUT2D eigenvalue weighted by molar-refractivity contribution is 0.511. The summed E-state index contributed by atoms with van der Waals surface area (Å²) in [6.07, 6.45) is 1.56. The minimum atomic E-state index is -0.555. The molecular formula is C14H12FN3O2. The van der Waals surface area contributed by atoms with E-state index in [1.54, 1.807) is 30.5 Å². The molecule has 20 heavy (non-hydrogen) atoms. The third-order valence-electron chi connectivity index (χ3n) is 3.11. The van der Waals surface area contributed by atoms with Crippen molar-refractivity contribution in [2.45, 2.75) is 13.1 Å². The monoisotopic (exact) mass is 273 g/mol. The first kappa shape index (κ1) is 12.6. The van der Waals surface area contributed by atoms with Crippen LogP contribution in [0.15, 0.2) is 45.7 Å². The summed E-state index contributed by atoms with van der Waals surface area (Å²) in [6, 6.07) is 8.04. The number of nitrogens with two attached hydrogens (primary N) is 1. The number of pyridine rings is 1. The molecule has 102 valence electrons. The molecule has 0 bridgehead atoms. The van der Waals surface area contributed by atoms with Gasteiger partial charge in [0.05, 0.1) is 6.54 Å². The van der Waals surface area contributed by atoms with Gasteiger partial charge >= 0.3 is 5.76 Å². The van der Waals surface area contributed by atoms with Gasteiger partial charge in [0.2, 0.25) is 0 Å². The van der Waals surface area contributed by atoms with Gasteiger partial charge in [0.15, 0.2) is 11.2 Å². The number of nitrogens with zero attached hydrogens (tertiary/aromatic N) is 2. The van der Waals surface area contributed by atoms with Crippen LogP contribution in [0.1, 0.15) is 11.1 Å². The molecule has 2 aromatic heterocycles. The van der Waals surface area contributed by atoms with Crippen molar-refractivity contribution in [1.29, 1.82) is 0 Å². The average molecular weight is 273 g/mol. The van der Waals surface area contributed by atoms with Crippen LogP contribution in [0, 0.1) is 5.82 Å². The second kappa shape index (κ2) is 4.90. The molecule has 5 nitrogen and oxygen atoms in total. The van der Waals surface area contributed by atoms with Crippen LogP contribution in [-0.2, 0) is 13.1 Å². The van der Waals surface area contributed by atoms with E-state index < -0.39 is 11.6 Å². The number of oxazole rings is 1. The van der Waals surface area contributed by atoms with E-state index in [1.165, 1.54) is 10.6 Å². The minimum Gasteiger partial charge on any atom is -0.406 e. The van der Waals surface area contributed by atoms with Gasteiger partial charge in [-0.25, -0.2) is 14.2 Å². The van der Waals surface area contributed by atoms with E-state index in [0.29, 0.717) is 22.4 Å². The third kappa shape index (κ3) is 2.10. The molecule has 0 aliphatic carbocycles. The summed E-state index contributed by atoms with van der Waals surface area (Å²) >= 11 is 0. The van der Waals surface area contributed by atoms with Crippen molar-refractivity contribution in [2.75, 3.05) is 0 Å². The molecule has 2 N–H and O–H groups in total. The molecule has 0 unspecified atom stereocenters. The van der Waals surface area contributed by atoms with Gasteiger partial charge in [-0.3, -0.25) is 4.57 Å². The molecule has 0 aliphatic rings. The number of fused-ring (bicyclic) bond motifs is 1. The van der Waals surface area contributed by atoms with Crippen molar-refractivity contribution < 1.29 is 8.81 Å². The lowest BCUT2D eigenvalue weighted by Crippen LogP contribution is -2.16. The summed E-state index contributed by atoms with van der Waals surface area (Å²) in [5, 5.41) is 0. The van der Waals surface area contributed by atoms with Gasteiger partial charge in [0.1, 0.15) is 5.82 Å². The number of rotatable bonds is 3. The third-order valence-corrected chi connectivity index (χ3v) is 3.11. The fourth-order valence-corrected chi connectivity index (χ4v) is 2.06. The number of hydrogen-bond donors (Lipinski definition) is 1. The first-order valence-electron chi connectivity index (χ1n) is 6.11. The van der Waals surface area contributed by atoms with Crippen LogP contribution in [0.5, 0.6) is 0 Å².